The van der Waals surface area contributed by atoms with Crippen LogP contribution in [0.15, 0.2) is 29.1 Å². The van der Waals surface area contributed by atoms with Crippen molar-refractivity contribution in [3.05, 3.63) is 35.9 Å². The summed E-state index contributed by atoms with van der Waals surface area (Å²) in [4.78, 5) is 3.29. The van der Waals surface area contributed by atoms with Gasteiger partial charge >= 0.3 is 6.18 Å². The summed E-state index contributed by atoms with van der Waals surface area (Å²) in [7, 11) is 0. The number of alkyl halides is 3. The molecule has 0 aliphatic rings. The molecule has 2 aromatic heterocycles. The van der Waals surface area contributed by atoms with E-state index in [0.717, 1.165) is 12.3 Å². The first-order chi connectivity index (χ1) is 8.02. The van der Waals surface area contributed by atoms with Gasteiger partial charge in [-0.15, -0.1) is 0 Å². The van der Waals surface area contributed by atoms with Crippen LogP contribution in [0.4, 0.5) is 13.2 Å². The fourth-order valence-corrected chi connectivity index (χ4v) is 1.31. The molecule has 2 rings (SSSR count). The van der Waals surface area contributed by atoms with Gasteiger partial charge in [0.2, 0.25) is 0 Å². The Morgan fingerprint density at radius 1 is 1.29 bits per heavy atom. The third kappa shape index (κ3) is 2.28. The van der Waals surface area contributed by atoms with E-state index in [1.54, 1.807) is 0 Å². The van der Waals surface area contributed by atoms with Crippen LogP contribution in [0.1, 0.15) is 11.3 Å². The Morgan fingerprint density at radius 2 is 2.06 bits per heavy atom. The standard InChI is InChI=1S/C10H7F3N2O2/c11-10(12,13)8-2-1-6(3-14-8)9-7(4-16)5-17-15-9/h1-3,5,16H,4H2. The molecule has 0 radical (unpaired) electrons. The fourth-order valence-electron chi connectivity index (χ4n) is 1.31. The van der Waals surface area contributed by atoms with Crippen LogP contribution in [0.3, 0.4) is 0 Å². The topological polar surface area (TPSA) is 59.2 Å². The lowest BCUT2D eigenvalue weighted by atomic mass is 10.1. The van der Waals surface area contributed by atoms with Gasteiger partial charge in [0.1, 0.15) is 17.7 Å². The first-order valence-corrected chi connectivity index (χ1v) is 4.60. The molecule has 2 aromatic rings. The van der Waals surface area contributed by atoms with Crippen molar-refractivity contribution in [3.8, 4) is 11.3 Å². The summed E-state index contributed by atoms with van der Waals surface area (Å²) in [6.07, 6.45) is -2.20. The molecule has 0 bridgehead atoms. The quantitative estimate of drug-likeness (QED) is 0.880. The molecule has 0 amide bonds. The number of rotatable bonds is 2. The van der Waals surface area contributed by atoms with E-state index in [0.29, 0.717) is 11.1 Å². The Morgan fingerprint density at radius 3 is 2.59 bits per heavy atom. The summed E-state index contributed by atoms with van der Waals surface area (Å²) in [6, 6.07) is 2.08. The maximum atomic E-state index is 12.3. The van der Waals surface area contributed by atoms with Crippen LogP contribution in [-0.2, 0) is 12.8 Å². The van der Waals surface area contributed by atoms with Gasteiger partial charge in [-0.25, -0.2) is 0 Å². The minimum Gasteiger partial charge on any atom is -0.391 e. The number of aliphatic hydroxyl groups excluding tert-OH is 1. The number of aromatic nitrogens is 2. The molecular weight excluding hydrogens is 237 g/mol. The summed E-state index contributed by atoms with van der Waals surface area (Å²) in [5.41, 5.74) is 0.0615. The molecule has 0 spiro atoms. The van der Waals surface area contributed by atoms with Crippen molar-refractivity contribution in [2.45, 2.75) is 12.8 Å². The molecule has 0 aromatic carbocycles. The van der Waals surface area contributed by atoms with E-state index in [1.165, 1.54) is 12.3 Å². The predicted molar refractivity (Wildman–Crippen MR) is 50.7 cm³/mol. The van der Waals surface area contributed by atoms with Gasteiger partial charge in [-0.05, 0) is 12.1 Å². The average molecular weight is 244 g/mol. The third-order valence-electron chi connectivity index (χ3n) is 2.14. The van der Waals surface area contributed by atoms with Gasteiger partial charge in [-0.2, -0.15) is 13.2 Å². The van der Waals surface area contributed by atoms with E-state index < -0.39 is 11.9 Å². The number of nitrogens with zero attached hydrogens (tertiary/aromatic N) is 2. The van der Waals surface area contributed by atoms with Crippen molar-refractivity contribution in [2.24, 2.45) is 0 Å². The minimum absolute atomic E-state index is 0.286. The number of aliphatic hydroxyl groups is 1. The SMILES string of the molecule is OCc1conc1-c1ccc(C(F)(F)F)nc1. The normalized spacial score (nSPS) is 11.8. The lowest BCUT2D eigenvalue weighted by Crippen LogP contribution is -2.07. The van der Waals surface area contributed by atoms with Crippen molar-refractivity contribution in [3.63, 3.8) is 0 Å². The molecule has 2 heterocycles. The van der Waals surface area contributed by atoms with E-state index in [9.17, 15) is 13.2 Å². The molecule has 7 heteroatoms. The Labute approximate surface area is 93.7 Å². The molecule has 0 fully saturated rings. The van der Waals surface area contributed by atoms with Crippen LogP contribution < -0.4 is 0 Å². The summed E-state index contributed by atoms with van der Waals surface area (Å²) in [6.45, 7) is -0.306. The van der Waals surface area contributed by atoms with E-state index in [-0.39, 0.29) is 12.3 Å². The zero-order valence-electron chi connectivity index (χ0n) is 8.40. The first-order valence-electron chi connectivity index (χ1n) is 4.60. The fraction of sp³-hybridized carbons (Fsp3) is 0.200. The summed E-state index contributed by atoms with van der Waals surface area (Å²) in [5, 5.41) is 12.5. The molecule has 0 aliphatic carbocycles. The van der Waals surface area contributed by atoms with Gasteiger partial charge in [0.05, 0.1) is 6.61 Å². The molecule has 0 aliphatic heterocycles. The first kappa shape index (κ1) is 11.6. The van der Waals surface area contributed by atoms with Gasteiger partial charge in [0.15, 0.2) is 0 Å². The molecule has 0 saturated carbocycles. The highest BCUT2D eigenvalue weighted by molar-refractivity contribution is 5.60. The van der Waals surface area contributed by atoms with E-state index in [4.69, 9.17) is 5.11 Å². The Hall–Kier alpha value is -1.89. The third-order valence-corrected chi connectivity index (χ3v) is 2.14. The highest BCUT2D eigenvalue weighted by Gasteiger charge is 2.32. The summed E-state index contributed by atoms with van der Waals surface area (Å²) >= 11 is 0. The van der Waals surface area contributed by atoms with Crippen LogP contribution in [0.2, 0.25) is 0 Å². The molecule has 90 valence electrons. The van der Waals surface area contributed by atoms with E-state index >= 15 is 0 Å². The molecule has 0 saturated heterocycles. The average Bonchev–Trinajstić information content (AvgIpc) is 2.76. The second-order valence-corrected chi connectivity index (χ2v) is 3.28. The number of hydrogen-bond acceptors (Lipinski definition) is 4. The second kappa shape index (κ2) is 4.17. The summed E-state index contributed by atoms with van der Waals surface area (Å²) < 4.78 is 41.4. The smallest absolute Gasteiger partial charge is 0.391 e. The van der Waals surface area contributed by atoms with Crippen LogP contribution >= 0.6 is 0 Å². The minimum atomic E-state index is -4.47. The van der Waals surface area contributed by atoms with Gasteiger partial charge in [-0.3, -0.25) is 4.98 Å². The predicted octanol–water partition coefficient (Wildman–Crippen LogP) is 2.25. The largest absolute Gasteiger partial charge is 0.433 e. The maximum Gasteiger partial charge on any atom is 0.433 e. The van der Waals surface area contributed by atoms with Crippen molar-refractivity contribution < 1.29 is 22.8 Å². The van der Waals surface area contributed by atoms with E-state index in [1.807, 2.05) is 0 Å². The Bertz CT molecular complexity index is 505. The zero-order chi connectivity index (χ0) is 12.5. The van der Waals surface area contributed by atoms with E-state index in [2.05, 4.69) is 14.7 Å². The van der Waals surface area contributed by atoms with Crippen LogP contribution in [-0.4, -0.2) is 15.2 Å². The highest BCUT2D eigenvalue weighted by Crippen LogP contribution is 2.29. The molecule has 0 unspecified atom stereocenters. The number of hydrogen-bond donors (Lipinski definition) is 1. The zero-order valence-corrected chi connectivity index (χ0v) is 8.40. The van der Waals surface area contributed by atoms with Gasteiger partial charge in [0.25, 0.3) is 0 Å². The monoisotopic (exact) mass is 244 g/mol. The molecule has 17 heavy (non-hydrogen) atoms. The number of halogens is 3. The van der Waals surface area contributed by atoms with Gasteiger partial charge < -0.3 is 9.63 Å². The molecular formula is C10H7F3N2O2. The summed E-state index contributed by atoms with van der Waals surface area (Å²) in [5.74, 6) is 0. The lowest BCUT2D eigenvalue weighted by molar-refractivity contribution is -0.141. The van der Waals surface area contributed by atoms with Crippen LogP contribution in [0.25, 0.3) is 11.3 Å². The van der Waals surface area contributed by atoms with Crippen molar-refractivity contribution >= 4 is 0 Å². The van der Waals surface area contributed by atoms with Crippen molar-refractivity contribution in [2.75, 3.05) is 0 Å². The van der Waals surface area contributed by atoms with Crippen LogP contribution in [0, 0.1) is 0 Å². The molecule has 4 nitrogen and oxygen atoms in total. The van der Waals surface area contributed by atoms with Gasteiger partial charge in [0, 0.05) is 17.3 Å². The van der Waals surface area contributed by atoms with Crippen molar-refractivity contribution in [1.82, 2.24) is 10.1 Å². The maximum absolute atomic E-state index is 12.3. The van der Waals surface area contributed by atoms with Gasteiger partial charge in [-0.1, -0.05) is 5.16 Å². The lowest BCUT2D eigenvalue weighted by Gasteiger charge is -2.05. The molecule has 0 atom stereocenters. The van der Waals surface area contributed by atoms with Crippen LogP contribution in [0.5, 0.6) is 0 Å². The Balaban J connectivity index is 2.36. The van der Waals surface area contributed by atoms with Crippen molar-refractivity contribution in [1.29, 1.82) is 0 Å². The number of pyridine rings is 1. The molecule has 1 N–H and O–H groups in total. The Kier molecular flexibility index (Phi) is 2.84. The second-order valence-electron chi connectivity index (χ2n) is 3.28. The highest BCUT2D eigenvalue weighted by atomic mass is 19.4.